The van der Waals surface area contributed by atoms with Crippen LogP contribution in [0.3, 0.4) is 0 Å². The lowest BCUT2D eigenvalue weighted by Crippen LogP contribution is -2.37. The summed E-state index contributed by atoms with van der Waals surface area (Å²) >= 11 is 6.16. The molecule has 0 saturated carbocycles. The van der Waals surface area contributed by atoms with Crippen molar-refractivity contribution in [2.24, 2.45) is 5.92 Å². The van der Waals surface area contributed by atoms with Crippen molar-refractivity contribution < 1.29 is 23.9 Å². The Morgan fingerprint density at radius 2 is 1.65 bits per heavy atom. The molecule has 192 valence electrons. The lowest BCUT2D eigenvalue weighted by atomic mass is 9.90. The average Bonchev–Trinajstić information content (AvgIpc) is 3.41. The minimum atomic E-state index is -0.965. The monoisotopic (exact) mass is 520 g/mol. The van der Waals surface area contributed by atoms with Crippen LogP contribution in [0.2, 0.25) is 5.02 Å². The Morgan fingerprint density at radius 1 is 0.865 bits per heavy atom. The molecule has 0 aromatic heterocycles. The van der Waals surface area contributed by atoms with Crippen LogP contribution in [-0.4, -0.2) is 31.1 Å². The Balaban J connectivity index is 1.55. The van der Waals surface area contributed by atoms with E-state index in [9.17, 15) is 9.59 Å². The van der Waals surface area contributed by atoms with Gasteiger partial charge in [0, 0.05) is 5.02 Å². The van der Waals surface area contributed by atoms with Gasteiger partial charge in [0.2, 0.25) is 5.91 Å². The highest BCUT2D eigenvalue weighted by atomic mass is 35.5. The van der Waals surface area contributed by atoms with E-state index in [1.807, 2.05) is 55.5 Å². The lowest BCUT2D eigenvalue weighted by molar-refractivity contribution is -0.126. The largest absolute Gasteiger partial charge is 0.490 e. The molecule has 7 nitrogen and oxygen atoms in total. The van der Waals surface area contributed by atoms with Crippen LogP contribution in [0.25, 0.3) is 0 Å². The van der Waals surface area contributed by atoms with E-state index in [-0.39, 0.29) is 5.91 Å². The molecule has 2 saturated heterocycles. The number of hydrogen-bond donors (Lipinski definition) is 0. The predicted molar refractivity (Wildman–Crippen MR) is 142 cm³/mol. The Hall–Kier alpha value is -3.55. The maximum Gasteiger partial charge on any atom is 0.266 e. The molecule has 2 heterocycles. The Bertz CT molecular complexity index is 1280. The summed E-state index contributed by atoms with van der Waals surface area (Å²) in [5.74, 6) is -0.258. The molecule has 5 rings (SSSR count). The summed E-state index contributed by atoms with van der Waals surface area (Å²) in [5.41, 5.74) is 1.97. The number of imide groups is 1. The molecule has 37 heavy (non-hydrogen) atoms. The van der Waals surface area contributed by atoms with Gasteiger partial charge in [-0.3, -0.25) is 14.4 Å². The maximum atomic E-state index is 13.8. The van der Waals surface area contributed by atoms with Gasteiger partial charge in [0.1, 0.15) is 5.92 Å². The highest BCUT2D eigenvalue weighted by Gasteiger charge is 2.60. The van der Waals surface area contributed by atoms with Crippen LogP contribution in [0.4, 0.5) is 11.4 Å². The van der Waals surface area contributed by atoms with Gasteiger partial charge in [0.15, 0.2) is 17.6 Å². The summed E-state index contributed by atoms with van der Waals surface area (Å²) in [4.78, 5) is 34.7. The van der Waals surface area contributed by atoms with Crippen molar-refractivity contribution in [1.82, 2.24) is 0 Å². The van der Waals surface area contributed by atoms with Crippen molar-refractivity contribution in [1.29, 1.82) is 0 Å². The van der Waals surface area contributed by atoms with Crippen LogP contribution < -0.4 is 19.4 Å². The number of hydroxylamine groups is 1. The van der Waals surface area contributed by atoms with Crippen molar-refractivity contribution >= 4 is 34.8 Å². The number of nitrogens with zero attached hydrogens (tertiary/aromatic N) is 2. The molecule has 0 radical (unpaired) electrons. The van der Waals surface area contributed by atoms with Crippen LogP contribution >= 0.6 is 11.6 Å². The zero-order chi connectivity index (χ0) is 25.9. The molecule has 2 fully saturated rings. The summed E-state index contributed by atoms with van der Waals surface area (Å²) in [6.07, 6.45) is 0.994. The van der Waals surface area contributed by atoms with Crippen LogP contribution in [0, 0.1) is 5.92 Å². The van der Waals surface area contributed by atoms with Gasteiger partial charge in [0.05, 0.1) is 30.6 Å². The zero-order valence-electron chi connectivity index (χ0n) is 20.8. The van der Waals surface area contributed by atoms with Crippen molar-refractivity contribution in [2.45, 2.75) is 38.8 Å². The van der Waals surface area contributed by atoms with E-state index in [2.05, 4.69) is 6.92 Å². The summed E-state index contributed by atoms with van der Waals surface area (Å²) in [6, 6.07) is 21.3. The number of unbranched alkanes of at least 4 members (excludes halogenated alkanes) is 1. The highest BCUT2D eigenvalue weighted by Crippen LogP contribution is 2.48. The molecule has 2 aliphatic rings. The average molecular weight is 521 g/mol. The fourth-order valence-electron chi connectivity index (χ4n) is 4.84. The number of carbonyl (C=O) groups is 2. The summed E-state index contributed by atoms with van der Waals surface area (Å²) in [5, 5.41) is 2.11. The molecule has 0 bridgehead atoms. The van der Waals surface area contributed by atoms with Crippen LogP contribution in [0.1, 0.15) is 38.3 Å². The van der Waals surface area contributed by atoms with Gasteiger partial charge in [-0.05, 0) is 61.4 Å². The summed E-state index contributed by atoms with van der Waals surface area (Å²) in [7, 11) is 0. The maximum absolute atomic E-state index is 13.8. The molecular formula is C29H29ClN2O5. The van der Waals surface area contributed by atoms with E-state index in [0.717, 1.165) is 24.1 Å². The standard InChI is InChI=1S/C29H29ClN2O5/c1-3-5-16-36-23-15-14-19(17-24(23)35-4-2)26-25-27(37-32(26)21-11-7-6-8-12-21)29(34)31(28(25)33)22-13-9-10-20(30)18-22/h6-15,17-18,25-27H,3-5,16H2,1-2H3/t25-,26+,27+/m0/s1. The second-order valence-electron chi connectivity index (χ2n) is 8.99. The Labute approximate surface area is 221 Å². The first-order valence-electron chi connectivity index (χ1n) is 12.6. The van der Waals surface area contributed by atoms with E-state index >= 15 is 0 Å². The Morgan fingerprint density at radius 3 is 2.38 bits per heavy atom. The number of halogens is 1. The lowest BCUT2D eigenvalue weighted by Gasteiger charge is -2.29. The molecule has 2 amide bonds. The second kappa shape index (κ2) is 10.8. The highest BCUT2D eigenvalue weighted by molar-refractivity contribution is 6.31. The molecular weight excluding hydrogens is 492 g/mol. The van der Waals surface area contributed by atoms with E-state index < -0.39 is 24.0 Å². The number of amides is 2. The fraction of sp³-hybridized carbons (Fsp3) is 0.310. The molecule has 0 N–H and O–H groups in total. The van der Waals surface area contributed by atoms with Crippen molar-refractivity contribution in [3.8, 4) is 11.5 Å². The number of benzene rings is 3. The summed E-state index contributed by atoms with van der Waals surface area (Å²) in [6.45, 7) is 5.07. The van der Waals surface area contributed by atoms with Gasteiger partial charge in [0.25, 0.3) is 5.91 Å². The van der Waals surface area contributed by atoms with Gasteiger partial charge >= 0.3 is 0 Å². The van der Waals surface area contributed by atoms with Crippen LogP contribution in [0.5, 0.6) is 11.5 Å². The topological polar surface area (TPSA) is 68.3 Å². The first-order valence-corrected chi connectivity index (χ1v) is 12.9. The number of hydrogen-bond acceptors (Lipinski definition) is 6. The molecule has 0 spiro atoms. The number of anilines is 2. The molecule has 3 aromatic rings. The molecule has 0 unspecified atom stereocenters. The second-order valence-corrected chi connectivity index (χ2v) is 9.43. The molecule has 0 aliphatic carbocycles. The van der Waals surface area contributed by atoms with Gasteiger partial charge in [-0.1, -0.05) is 55.3 Å². The first kappa shape index (κ1) is 25.1. The number of ether oxygens (including phenoxy) is 2. The number of fused-ring (bicyclic) bond motifs is 1. The van der Waals surface area contributed by atoms with E-state index in [0.29, 0.717) is 35.4 Å². The van der Waals surface area contributed by atoms with E-state index in [1.165, 1.54) is 4.90 Å². The van der Waals surface area contributed by atoms with Crippen molar-refractivity contribution in [2.75, 3.05) is 23.2 Å². The predicted octanol–water partition coefficient (Wildman–Crippen LogP) is 5.97. The normalized spacial score (nSPS) is 20.9. The molecule has 2 aliphatic heterocycles. The van der Waals surface area contributed by atoms with Crippen molar-refractivity contribution in [3.05, 3.63) is 83.4 Å². The summed E-state index contributed by atoms with van der Waals surface area (Å²) < 4.78 is 11.9. The van der Waals surface area contributed by atoms with Gasteiger partial charge in [-0.15, -0.1) is 0 Å². The SMILES string of the molecule is CCCCOc1ccc([C@@H]2[C@@H]3C(=O)N(c4cccc(Cl)c4)C(=O)[C@@H]3ON2c2ccccc2)cc1OCC. The van der Waals surface area contributed by atoms with Gasteiger partial charge < -0.3 is 9.47 Å². The van der Waals surface area contributed by atoms with Gasteiger partial charge in [-0.25, -0.2) is 9.96 Å². The number of carbonyl (C=O) groups excluding carboxylic acids is 2. The molecule has 3 atom stereocenters. The third kappa shape index (κ3) is 4.77. The molecule has 3 aromatic carbocycles. The van der Waals surface area contributed by atoms with Gasteiger partial charge in [-0.2, -0.15) is 0 Å². The Kier molecular flexibility index (Phi) is 7.35. The van der Waals surface area contributed by atoms with Crippen LogP contribution in [0.15, 0.2) is 72.8 Å². The smallest absolute Gasteiger partial charge is 0.266 e. The quantitative estimate of drug-likeness (QED) is 0.256. The van der Waals surface area contributed by atoms with E-state index in [4.69, 9.17) is 25.9 Å². The molecule has 8 heteroatoms. The first-order chi connectivity index (χ1) is 18.0. The minimum Gasteiger partial charge on any atom is -0.490 e. The van der Waals surface area contributed by atoms with Crippen molar-refractivity contribution in [3.63, 3.8) is 0 Å². The number of rotatable bonds is 9. The zero-order valence-corrected chi connectivity index (χ0v) is 21.6. The third-order valence-electron chi connectivity index (χ3n) is 6.56. The fourth-order valence-corrected chi connectivity index (χ4v) is 5.03. The number of para-hydroxylation sites is 1. The van der Waals surface area contributed by atoms with Crippen LogP contribution in [-0.2, 0) is 14.4 Å². The minimum absolute atomic E-state index is 0.332. The van der Waals surface area contributed by atoms with E-state index in [1.54, 1.807) is 29.3 Å². The third-order valence-corrected chi connectivity index (χ3v) is 6.79.